The first-order valence-electron chi connectivity index (χ1n) is 12.6. The van der Waals surface area contributed by atoms with E-state index in [0.717, 1.165) is 11.6 Å². The molecule has 2 heterocycles. The van der Waals surface area contributed by atoms with Gasteiger partial charge in [-0.15, -0.1) is 0 Å². The summed E-state index contributed by atoms with van der Waals surface area (Å²) >= 11 is 0. The van der Waals surface area contributed by atoms with E-state index in [-0.39, 0.29) is 30.9 Å². The molecule has 2 aromatic rings. The Morgan fingerprint density at radius 2 is 2.00 bits per heavy atom. The van der Waals surface area contributed by atoms with Crippen molar-refractivity contribution in [1.82, 2.24) is 19.7 Å². The van der Waals surface area contributed by atoms with Crippen molar-refractivity contribution in [3.05, 3.63) is 35.8 Å². The van der Waals surface area contributed by atoms with Crippen LogP contribution in [0, 0.1) is 11.3 Å². The van der Waals surface area contributed by atoms with Crippen molar-refractivity contribution < 1.29 is 19.0 Å². The first kappa shape index (κ1) is 30.9. The highest BCUT2D eigenvalue weighted by atomic mass is 28.3. The molecule has 2 N–H and O–H groups in total. The quantitative estimate of drug-likeness (QED) is 0.226. The monoisotopic (exact) mass is 542 g/mol. The van der Waals surface area contributed by atoms with Gasteiger partial charge in [-0.3, -0.25) is 0 Å². The number of amides is 1. The number of rotatable bonds is 11. The molecule has 0 unspecified atom stereocenters. The van der Waals surface area contributed by atoms with Crippen molar-refractivity contribution in [2.75, 3.05) is 19.4 Å². The van der Waals surface area contributed by atoms with E-state index < -0.39 is 19.8 Å². The Bertz CT molecular complexity index is 1190. The fraction of sp³-hybridized carbons (Fsp3) is 0.556. The van der Waals surface area contributed by atoms with Crippen LogP contribution in [0.25, 0.3) is 11.1 Å². The predicted molar refractivity (Wildman–Crippen MR) is 151 cm³/mol. The lowest BCUT2D eigenvalue weighted by Crippen LogP contribution is -2.34. The maximum atomic E-state index is 12.7. The average Bonchev–Trinajstić information content (AvgIpc) is 3.13. The number of aromatic nitrogens is 3. The van der Waals surface area contributed by atoms with Gasteiger partial charge in [0.05, 0.1) is 12.2 Å². The van der Waals surface area contributed by atoms with Crippen LogP contribution in [0.5, 0.6) is 5.75 Å². The summed E-state index contributed by atoms with van der Waals surface area (Å²) in [5, 5.41) is 14.8. The highest BCUT2D eigenvalue weighted by molar-refractivity contribution is 6.76. The summed E-state index contributed by atoms with van der Waals surface area (Å²) in [6.07, 6.45) is 0.779. The normalized spacial score (nSPS) is 12.5. The van der Waals surface area contributed by atoms with Crippen LogP contribution in [0.1, 0.15) is 46.0 Å². The third-order valence-corrected chi connectivity index (χ3v) is 7.31. The van der Waals surface area contributed by atoms with Crippen LogP contribution in [0.4, 0.5) is 10.6 Å². The zero-order valence-corrected chi connectivity index (χ0v) is 25.2. The van der Waals surface area contributed by atoms with Gasteiger partial charge in [0.1, 0.15) is 30.2 Å². The molecule has 0 saturated heterocycles. The number of hydrogen-bond acceptors (Lipinski definition) is 8. The molecule has 0 aliphatic rings. The fourth-order valence-corrected chi connectivity index (χ4v) is 4.02. The number of nitrogens with two attached hydrogens (primary N) is 1. The summed E-state index contributed by atoms with van der Waals surface area (Å²) in [6.45, 7) is 20.7. The maximum Gasteiger partial charge on any atom is 0.410 e. The number of ether oxygens (including phenoxy) is 3. The third kappa shape index (κ3) is 8.88. The summed E-state index contributed by atoms with van der Waals surface area (Å²) < 4.78 is 18.9. The van der Waals surface area contributed by atoms with Crippen LogP contribution in [0.3, 0.4) is 0 Å². The van der Waals surface area contributed by atoms with Gasteiger partial charge in [-0.1, -0.05) is 26.2 Å². The van der Waals surface area contributed by atoms with E-state index in [0.29, 0.717) is 29.2 Å². The second-order valence-electron chi connectivity index (χ2n) is 11.7. The maximum absolute atomic E-state index is 12.7. The lowest BCUT2D eigenvalue weighted by molar-refractivity contribution is 0.0282. The number of nitrogen functional groups attached to an aromatic ring is 1. The van der Waals surface area contributed by atoms with E-state index in [1.165, 1.54) is 9.58 Å². The molecule has 0 aliphatic carbocycles. The van der Waals surface area contributed by atoms with Crippen molar-refractivity contribution >= 4 is 20.0 Å². The molecule has 0 saturated carbocycles. The molecular formula is C27H42N6O4Si. The summed E-state index contributed by atoms with van der Waals surface area (Å²) in [6, 6.07) is 4.97. The lowest BCUT2D eigenvalue weighted by Gasteiger charge is -2.24. The lowest BCUT2D eigenvalue weighted by atomic mass is 10.0. The van der Waals surface area contributed by atoms with Gasteiger partial charge in [0.15, 0.2) is 11.6 Å². The van der Waals surface area contributed by atoms with Crippen molar-refractivity contribution in [2.45, 2.75) is 85.3 Å². The number of carbonyl (C=O) groups excluding carboxylic acids is 1. The Labute approximate surface area is 227 Å². The van der Waals surface area contributed by atoms with E-state index in [1.54, 1.807) is 40.1 Å². The molecule has 2 rings (SSSR count). The van der Waals surface area contributed by atoms with E-state index >= 15 is 0 Å². The van der Waals surface area contributed by atoms with Gasteiger partial charge in [-0.2, -0.15) is 10.4 Å². The van der Waals surface area contributed by atoms with Crippen LogP contribution in [0.15, 0.2) is 24.4 Å². The van der Waals surface area contributed by atoms with Gasteiger partial charge in [-0.05, 0) is 52.3 Å². The standard InChI is InChI=1S/C27H42N6O4Si/c1-18(2)19(3)36-23-13-20(15-30-25(23)29)24-21(16-32(7)26(34)37-27(4,5)6)31-33(22(24)14-28)17-35-11-12-38(8,9)10/h13,15,19H,1,11-12,16-17H2,2-10H3,(H2,29,30)/t19-/m1/s1. The van der Waals surface area contributed by atoms with Gasteiger partial charge in [0, 0.05) is 39.1 Å². The second kappa shape index (κ2) is 12.5. The summed E-state index contributed by atoms with van der Waals surface area (Å²) in [5.74, 6) is 0.585. The molecule has 1 amide bonds. The van der Waals surface area contributed by atoms with Crippen LogP contribution >= 0.6 is 0 Å². The Hall–Kier alpha value is -3.36. The van der Waals surface area contributed by atoms with E-state index in [4.69, 9.17) is 19.9 Å². The molecule has 208 valence electrons. The van der Waals surface area contributed by atoms with E-state index in [2.05, 4.69) is 42.4 Å². The first-order chi connectivity index (χ1) is 17.5. The smallest absolute Gasteiger partial charge is 0.410 e. The molecule has 0 aromatic carbocycles. The van der Waals surface area contributed by atoms with Crippen LogP contribution in [-0.2, 0) is 22.7 Å². The molecule has 0 bridgehead atoms. The summed E-state index contributed by atoms with van der Waals surface area (Å²) in [7, 11) is 0.341. The van der Waals surface area contributed by atoms with Crippen LogP contribution in [-0.4, -0.2) is 59.2 Å². The zero-order valence-electron chi connectivity index (χ0n) is 24.2. The Morgan fingerprint density at radius 3 is 2.55 bits per heavy atom. The van der Waals surface area contributed by atoms with Crippen LogP contribution < -0.4 is 10.5 Å². The van der Waals surface area contributed by atoms with Gasteiger partial charge >= 0.3 is 6.09 Å². The van der Waals surface area contributed by atoms with Crippen LogP contribution in [0.2, 0.25) is 25.7 Å². The Kier molecular flexibility index (Phi) is 10.1. The molecule has 2 aromatic heterocycles. The second-order valence-corrected chi connectivity index (χ2v) is 17.3. The SMILES string of the molecule is C=C(C)[C@@H](C)Oc1cc(-c2c(CN(C)C(=O)OC(C)(C)C)nn(COCC[Si](C)(C)C)c2C#N)cnc1N. The number of nitrogens with zero attached hydrogens (tertiary/aromatic N) is 5. The van der Waals surface area contributed by atoms with Gasteiger partial charge in [0.25, 0.3) is 0 Å². The summed E-state index contributed by atoms with van der Waals surface area (Å²) in [5.41, 5.74) is 8.16. The largest absolute Gasteiger partial charge is 0.483 e. The van der Waals surface area contributed by atoms with Crippen molar-refractivity contribution in [1.29, 1.82) is 5.26 Å². The molecule has 0 radical (unpaired) electrons. The number of pyridine rings is 1. The molecule has 38 heavy (non-hydrogen) atoms. The first-order valence-corrected chi connectivity index (χ1v) is 16.3. The highest BCUT2D eigenvalue weighted by Gasteiger charge is 2.26. The van der Waals surface area contributed by atoms with Crippen molar-refractivity contribution in [3.63, 3.8) is 0 Å². The topological polar surface area (TPSA) is 129 Å². The zero-order chi connectivity index (χ0) is 28.8. The highest BCUT2D eigenvalue weighted by Crippen LogP contribution is 2.33. The predicted octanol–water partition coefficient (Wildman–Crippen LogP) is 5.42. The van der Waals surface area contributed by atoms with Crippen molar-refractivity contribution in [3.8, 4) is 22.9 Å². The molecular weight excluding hydrogens is 500 g/mol. The molecule has 0 aliphatic heterocycles. The number of hydrogen-bond donors (Lipinski definition) is 1. The third-order valence-electron chi connectivity index (χ3n) is 5.60. The fourth-order valence-electron chi connectivity index (χ4n) is 3.27. The van der Waals surface area contributed by atoms with Gasteiger partial charge < -0.3 is 24.8 Å². The summed E-state index contributed by atoms with van der Waals surface area (Å²) in [4.78, 5) is 18.4. The molecule has 0 fully saturated rings. The van der Waals surface area contributed by atoms with Gasteiger partial charge in [-0.25, -0.2) is 14.5 Å². The molecule has 0 spiro atoms. The number of nitriles is 1. The van der Waals surface area contributed by atoms with Crippen molar-refractivity contribution in [2.24, 2.45) is 0 Å². The molecule has 11 heteroatoms. The van der Waals surface area contributed by atoms with E-state index in [1.807, 2.05) is 13.8 Å². The minimum Gasteiger partial charge on any atom is -0.483 e. The van der Waals surface area contributed by atoms with E-state index in [9.17, 15) is 10.1 Å². The Morgan fingerprint density at radius 1 is 1.34 bits per heavy atom. The minimum absolute atomic E-state index is 0.101. The average molecular weight is 543 g/mol. The Balaban J connectivity index is 2.51. The number of carbonyl (C=O) groups is 1. The number of anilines is 1. The molecule has 1 atom stereocenters. The molecule has 10 nitrogen and oxygen atoms in total. The van der Waals surface area contributed by atoms with Gasteiger partial charge in [0.2, 0.25) is 0 Å². The minimum atomic E-state index is -1.28.